The van der Waals surface area contributed by atoms with Crippen LogP contribution in [0.3, 0.4) is 0 Å². The predicted octanol–water partition coefficient (Wildman–Crippen LogP) is 1.40. The number of urea groups is 1. The van der Waals surface area contributed by atoms with Crippen molar-refractivity contribution in [2.24, 2.45) is 0 Å². The number of nitrogens with one attached hydrogen (secondary N) is 2. The Bertz CT molecular complexity index is 967. The summed E-state index contributed by atoms with van der Waals surface area (Å²) in [7, 11) is 0. The maximum absolute atomic E-state index is 13.0. The van der Waals surface area contributed by atoms with Gasteiger partial charge in [-0.15, -0.1) is 0 Å². The van der Waals surface area contributed by atoms with Crippen molar-refractivity contribution in [1.29, 1.82) is 0 Å². The Kier molecular flexibility index (Phi) is 5.46. The van der Waals surface area contributed by atoms with Crippen molar-refractivity contribution in [3.8, 4) is 0 Å². The first kappa shape index (κ1) is 19.6. The summed E-state index contributed by atoms with van der Waals surface area (Å²) in [4.78, 5) is 49.3. The Morgan fingerprint density at radius 3 is 2.87 bits per heavy atom. The number of hydrogen-bond donors (Lipinski definition) is 2. The van der Waals surface area contributed by atoms with Gasteiger partial charge < -0.3 is 15.0 Å². The smallest absolute Gasteiger partial charge is 0.329 e. The zero-order valence-corrected chi connectivity index (χ0v) is 16.5. The fourth-order valence-electron chi connectivity index (χ4n) is 3.66. The van der Waals surface area contributed by atoms with Crippen LogP contribution in [-0.2, 0) is 9.53 Å². The van der Waals surface area contributed by atoms with Gasteiger partial charge in [-0.05, 0) is 37.6 Å². The molecule has 1 atom stereocenters. The number of pyridine rings is 2. The van der Waals surface area contributed by atoms with Gasteiger partial charge in [-0.3, -0.25) is 19.8 Å². The number of aromatic nitrogens is 2. The maximum Gasteiger partial charge on any atom is 0.329 e. The summed E-state index contributed by atoms with van der Waals surface area (Å²) in [6, 6.07) is 8.23. The predicted molar refractivity (Wildman–Crippen MR) is 110 cm³/mol. The molecule has 10 nitrogen and oxygen atoms in total. The maximum atomic E-state index is 13.0. The van der Waals surface area contributed by atoms with Crippen LogP contribution in [0.4, 0.5) is 22.1 Å². The van der Waals surface area contributed by atoms with Crippen molar-refractivity contribution < 1.29 is 19.1 Å². The first-order valence-electron chi connectivity index (χ1n) is 9.78. The lowest BCUT2D eigenvalue weighted by Crippen LogP contribution is -2.48. The summed E-state index contributed by atoms with van der Waals surface area (Å²) in [5.41, 5.74) is 0.915. The third kappa shape index (κ3) is 3.88. The quantitative estimate of drug-likeness (QED) is 0.716. The third-order valence-electron chi connectivity index (χ3n) is 5.00. The van der Waals surface area contributed by atoms with E-state index in [1.165, 1.54) is 0 Å². The highest BCUT2D eigenvalue weighted by atomic mass is 16.5. The van der Waals surface area contributed by atoms with Crippen molar-refractivity contribution in [3.05, 3.63) is 42.2 Å². The Labute approximate surface area is 173 Å². The van der Waals surface area contributed by atoms with Crippen molar-refractivity contribution in [3.63, 3.8) is 0 Å². The molecule has 2 aliphatic heterocycles. The second kappa shape index (κ2) is 8.36. The minimum absolute atomic E-state index is 0.0495. The lowest BCUT2D eigenvalue weighted by atomic mass is 10.1. The monoisotopic (exact) mass is 410 g/mol. The van der Waals surface area contributed by atoms with Crippen LogP contribution in [0.15, 0.2) is 36.5 Å². The highest BCUT2D eigenvalue weighted by Crippen LogP contribution is 2.39. The van der Waals surface area contributed by atoms with E-state index < -0.39 is 11.9 Å². The summed E-state index contributed by atoms with van der Waals surface area (Å²) in [5, 5.41) is 5.29. The number of anilines is 3. The van der Waals surface area contributed by atoms with E-state index >= 15 is 0 Å². The number of rotatable bonds is 5. The van der Waals surface area contributed by atoms with Gasteiger partial charge in [0.25, 0.3) is 5.91 Å². The van der Waals surface area contributed by atoms with Crippen LogP contribution in [0.5, 0.6) is 0 Å². The van der Waals surface area contributed by atoms with Crippen molar-refractivity contribution in [1.82, 2.24) is 15.3 Å². The van der Waals surface area contributed by atoms with E-state index in [9.17, 15) is 14.4 Å². The first-order valence-corrected chi connectivity index (χ1v) is 9.78. The summed E-state index contributed by atoms with van der Waals surface area (Å²) in [5.74, 6) is -0.179. The number of amides is 3. The van der Waals surface area contributed by atoms with Crippen LogP contribution in [0.1, 0.15) is 23.8 Å². The number of fused-ring (bicyclic) bond motifs is 4. The van der Waals surface area contributed by atoms with E-state index in [2.05, 4.69) is 25.5 Å². The van der Waals surface area contributed by atoms with Crippen LogP contribution in [0.25, 0.3) is 0 Å². The fraction of sp³-hybridized carbons (Fsp3) is 0.350. The molecule has 4 rings (SSSR count). The molecule has 1 saturated heterocycles. The highest BCUT2D eigenvalue weighted by Gasteiger charge is 2.40. The minimum Gasteiger partial charge on any atom is -0.465 e. The minimum atomic E-state index is -0.524. The van der Waals surface area contributed by atoms with Crippen LogP contribution >= 0.6 is 0 Å². The Hall–Kier alpha value is -3.69. The van der Waals surface area contributed by atoms with Gasteiger partial charge >= 0.3 is 12.0 Å². The average Bonchev–Trinajstić information content (AvgIpc) is 3.17. The molecule has 2 N–H and O–H groups in total. The van der Waals surface area contributed by atoms with Gasteiger partial charge in [-0.25, -0.2) is 14.8 Å². The molecule has 0 aromatic carbocycles. The van der Waals surface area contributed by atoms with Crippen molar-refractivity contribution in [2.75, 3.05) is 41.4 Å². The van der Waals surface area contributed by atoms with Gasteiger partial charge in [0.1, 0.15) is 18.1 Å². The van der Waals surface area contributed by atoms with Gasteiger partial charge in [-0.1, -0.05) is 6.07 Å². The van der Waals surface area contributed by atoms with Crippen molar-refractivity contribution >= 4 is 35.2 Å². The molecule has 2 aromatic heterocycles. The largest absolute Gasteiger partial charge is 0.465 e. The number of carbonyl (C=O) groups excluding carboxylic acids is 3. The van der Waals surface area contributed by atoms with Crippen LogP contribution < -0.4 is 20.4 Å². The van der Waals surface area contributed by atoms with E-state index in [-0.39, 0.29) is 30.9 Å². The molecule has 1 unspecified atom stereocenters. The standard InChI is InChI=1S/C20H22N6O4/c1-2-30-17(27)11-22-19(28)14-6-7-15-18(23-14)26(13-8-10-25(15)12-13)20(29)24-16-5-3-4-9-21-16/h3-7,9,13H,2,8,10-12H2,1H3,(H,22,28)(H,21,24,29). The SMILES string of the molecule is CCOC(=O)CNC(=O)c1ccc2c(n1)N(C(=O)Nc1ccccn1)C1CCN2C1. The fourth-order valence-corrected chi connectivity index (χ4v) is 3.66. The Morgan fingerprint density at radius 2 is 2.10 bits per heavy atom. The molecule has 0 aliphatic carbocycles. The van der Waals surface area contributed by atoms with Gasteiger partial charge in [0.05, 0.1) is 18.3 Å². The first-order chi connectivity index (χ1) is 14.6. The number of ether oxygens (including phenoxy) is 1. The molecule has 2 bridgehead atoms. The molecular formula is C20H22N6O4. The van der Waals surface area contributed by atoms with E-state index in [1.54, 1.807) is 48.4 Å². The zero-order chi connectivity index (χ0) is 21.1. The molecule has 0 radical (unpaired) electrons. The van der Waals surface area contributed by atoms with Gasteiger partial charge in [-0.2, -0.15) is 0 Å². The second-order valence-corrected chi connectivity index (χ2v) is 6.93. The summed E-state index contributed by atoms with van der Waals surface area (Å²) >= 11 is 0. The normalized spacial score (nSPS) is 16.6. The summed E-state index contributed by atoms with van der Waals surface area (Å²) in [6.07, 6.45) is 2.40. The van der Waals surface area contributed by atoms with E-state index in [1.807, 2.05) is 0 Å². The van der Waals surface area contributed by atoms with Crippen LogP contribution in [0.2, 0.25) is 0 Å². The number of carbonyl (C=O) groups is 3. The van der Waals surface area contributed by atoms with Gasteiger partial charge in [0, 0.05) is 19.3 Å². The molecular weight excluding hydrogens is 388 g/mol. The Morgan fingerprint density at radius 1 is 1.23 bits per heavy atom. The van der Waals surface area contributed by atoms with Crippen molar-refractivity contribution in [2.45, 2.75) is 19.4 Å². The Balaban J connectivity index is 1.57. The van der Waals surface area contributed by atoms with Crippen LogP contribution in [0, 0.1) is 0 Å². The van der Waals surface area contributed by atoms with Gasteiger partial charge in [0.15, 0.2) is 5.82 Å². The summed E-state index contributed by atoms with van der Waals surface area (Å²) in [6.45, 7) is 3.20. The molecule has 0 spiro atoms. The third-order valence-corrected chi connectivity index (χ3v) is 5.00. The number of nitrogens with zero attached hydrogens (tertiary/aromatic N) is 4. The average molecular weight is 410 g/mol. The van der Waals surface area contributed by atoms with Crippen LogP contribution in [-0.4, -0.2) is 60.2 Å². The molecule has 156 valence electrons. The second-order valence-electron chi connectivity index (χ2n) is 6.93. The number of hydrogen-bond acceptors (Lipinski definition) is 7. The molecule has 1 fully saturated rings. The zero-order valence-electron chi connectivity index (χ0n) is 16.5. The van der Waals surface area contributed by atoms with Gasteiger partial charge in [0.2, 0.25) is 0 Å². The highest BCUT2D eigenvalue weighted by molar-refractivity contribution is 6.05. The lowest BCUT2D eigenvalue weighted by Gasteiger charge is -2.35. The van der Waals surface area contributed by atoms with E-state index in [4.69, 9.17) is 4.74 Å². The molecule has 2 aromatic rings. The molecule has 0 saturated carbocycles. The molecule has 2 aliphatic rings. The number of esters is 1. The van der Waals surface area contributed by atoms with E-state index in [0.29, 0.717) is 18.2 Å². The molecule has 3 amide bonds. The lowest BCUT2D eigenvalue weighted by molar-refractivity contribution is -0.141. The summed E-state index contributed by atoms with van der Waals surface area (Å²) < 4.78 is 4.81. The topological polar surface area (TPSA) is 117 Å². The van der Waals surface area contributed by atoms with E-state index in [0.717, 1.165) is 18.7 Å². The molecule has 4 heterocycles. The molecule has 10 heteroatoms. The molecule has 30 heavy (non-hydrogen) atoms.